The van der Waals surface area contributed by atoms with E-state index in [2.05, 4.69) is 9.71 Å². The number of rotatable bonds is 5. The maximum atomic E-state index is 13.1. The smallest absolute Gasteiger partial charge is 0.240 e. The van der Waals surface area contributed by atoms with Crippen LogP contribution in [-0.2, 0) is 16.4 Å². The van der Waals surface area contributed by atoms with Crippen LogP contribution in [0.3, 0.4) is 0 Å². The summed E-state index contributed by atoms with van der Waals surface area (Å²) in [6.45, 7) is 0.206. The summed E-state index contributed by atoms with van der Waals surface area (Å²) in [4.78, 5) is 4.38. The van der Waals surface area contributed by atoms with Crippen LogP contribution in [-0.4, -0.2) is 19.9 Å². The number of para-hydroxylation sites is 1. The van der Waals surface area contributed by atoms with E-state index < -0.39 is 15.8 Å². The van der Waals surface area contributed by atoms with E-state index in [1.54, 1.807) is 0 Å². The molecule has 1 aromatic heterocycles. The zero-order valence-corrected chi connectivity index (χ0v) is 14.2. The first-order valence-corrected chi connectivity index (χ1v) is 9.43. The second kappa shape index (κ2) is 6.52. The van der Waals surface area contributed by atoms with Crippen molar-refractivity contribution in [3.05, 3.63) is 58.3 Å². The zero-order chi connectivity index (χ0) is 16.4. The first-order valence-electron chi connectivity index (χ1n) is 6.75. The van der Waals surface area contributed by atoms with E-state index in [-0.39, 0.29) is 16.5 Å². The van der Waals surface area contributed by atoms with Crippen molar-refractivity contribution in [3.63, 3.8) is 0 Å². The lowest BCUT2D eigenvalue weighted by atomic mass is 10.3. The number of benzene rings is 2. The number of aromatic nitrogens is 1. The molecule has 0 spiro atoms. The molecular weight excluding hydrogens is 359 g/mol. The fourth-order valence-electron chi connectivity index (χ4n) is 2.05. The summed E-state index contributed by atoms with van der Waals surface area (Å²) in [5.74, 6) is -0.653. The average molecular weight is 371 g/mol. The summed E-state index contributed by atoms with van der Waals surface area (Å²) < 4.78 is 40.9. The topological polar surface area (TPSA) is 59.1 Å². The van der Waals surface area contributed by atoms with E-state index in [1.165, 1.54) is 17.4 Å². The summed E-state index contributed by atoms with van der Waals surface area (Å²) >= 11 is 7.15. The molecule has 4 nitrogen and oxygen atoms in total. The van der Waals surface area contributed by atoms with Crippen LogP contribution in [0.25, 0.3) is 10.2 Å². The molecule has 0 radical (unpaired) electrons. The molecule has 0 bridgehead atoms. The minimum Gasteiger partial charge on any atom is -0.241 e. The first-order chi connectivity index (χ1) is 11.0. The molecule has 0 aliphatic heterocycles. The second-order valence-corrected chi connectivity index (χ2v) is 8.09. The van der Waals surface area contributed by atoms with Gasteiger partial charge >= 0.3 is 0 Å². The molecule has 0 saturated carbocycles. The fraction of sp³-hybridized carbons (Fsp3) is 0.133. The zero-order valence-electron chi connectivity index (χ0n) is 11.8. The summed E-state index contributed by atoms with van der Waals surface area (Å²) in [5, 5.41) is 0.630. The van der Waals surface area contributed by atoms with Gasteiger partial charge in [-0.3, -0.25) is 0 Å². The maximum Gasteiger partial charge on any atom is 0.240 e. The van der Waals surface area contributed by atoms with Gasteiger partial charge in [0.05, 0.1) is 25.1 Å². The number of fused-ring (bicyclic) bond motifs is 1. The molecule has 1 N–H and O–H groups in total. The molecule has 120 valence electrons. The normalized spacial score (nSPS) is 11.9. The van der Waals surface area contributed by atoms with Crippen LogP contribution in [0.2, 0.25) is 5.02 Å². The monoisotopic (exact) mass is 370 g/mol. The Kier molecular flexibility index (Phi) is 4.63. The van der Waals surface area contributed by atoms with Crippen LogP contribution in [0, 0.1) is 5.82 Å². The van der Waals surface area contributed by atoms with E-state index in [9.17, 15) is 12.8 Å². The Balaban J connectivity index is 1.68. The van der Waals surface area contributed by atoms with Crippen molar-refractivity contribution < 1.29 is 12.8 Å². The van der Waals surface area contributed by atoms with Gasteiger partial charge in [-0.25, -0.2) is 22.5 Å². The number of thiazole rings is 1. The standard InChI is InChI=1S/C15H12ClFN2O2S2/c16-11-9-10(5-6-12(11)17)23(20,21)18-8-7-15-19-13-3-1-2-4-14(13)22-15/h1-6,9,18H,7-8H2. The van der Waals surface area contributed by atoms with Crippen molar-refractivity contribution in [3.8, 4) is 0 Å². The summed E-state index contributed by atoms with van der Waals surface area (Å²) in [7, 11) is -3.72. The number of hydrogen-bond donors (Lipinski definition) is 1. The van der Waals surface area contributed by atoms with Gasteiger partial charge in [-0.2, -0.15) is 0 Å². The third kappa shape index (κ3) is 3.69. The van der Waals surface area contributed by atoms with E-state index in [0.29, 0.717) is 6.42 Å². The maximum absolute atomic E-state index is 13.1. The molecule has 3 rings (SSSR count). The largest absolute Gasteiger partial charge is 0.241 e. The molecule has 8 heteroatoms. The number of halogens is 2. The van der Waals surface area contributed by atoms with Gasteiger partial charge in [-0.05, 0) is 30.3 Å². The Morgan fingerprint density at radius 1 is 1.22 bits per heavy atom. The molecule has 0 unspecified atom stereocenters. The van der Waals surface area contributed by atoms with Crippen molar-refractivity contribution in [2.75, 3.05) is 6.54 Å². The molecule has 0 fully saturated rings. The SMILES string of the molecule is O=S(=O)(NCCc1nc2ccccc2s1)c1ccc(F)c(Cl)c1. The van der Waals surface area contributed by atoms with Gasteiger partial charge < -0.3 is 0 Å². The summed E-state index contributed by atoms with van der Waals surface area (Å²) in [6.07, 6.45) is 0.480. The summed E-state index contributed by atoms with van der Waals surface area (Å²) in [5.41, 5.74) is 0.903. The molecule has 3 aromatic rings. The quantitative estimate of drug-likeness (QED) is 0.746. The summed E-state index contributed by atoms with van der Waals surface area (Å²) in [6, 6.07) is 11.0. The van der Waals surface area contributed by atoms with Gasteiger partial charge in [-0.1, -0.05) is 23.7 Å². The van der Waals surface area contributed by atoms with Crippen molar-refractivity contribution in [2.45, 2.75) is 11.3 Å². The predicted octanol–water partition coefficient (Wildman–Crippen LogP) is 3.61. The highest BCUT2D eigenvalue weighted by molar-refractivity contribution is 7.89. The molecule has 0 aliphatic rings. The van der Waals surface area contributed by atoms with E-state index >= 15 is 0 Å². The molecule has 1 heterocycles. The molecule has 0 amide bonds. The van der Waals surface area contributed by atoms with Gasteiger partial charge in [0.25, 0.3) is 0 Å². The van der Waals surface area contributed by atoms with Crippen LogP contribution in [0.15, 0.2) is 47.4 Å². The van der Waals surface area contributed by atoms with Crippen LogP contribution < -0.4 is 4.72 Å². The van der Waals surface area contributed by atoms with E-state index in [1.807, 2.05) is 24.3 Å². The Bertz CT molecular complexity index is 924. The van der Waals surface area contributed by atoms with Crippen LogP contribution in [0.1, 0.15) is 5.01 Å². The number of nitrogens with zero attached hydrogens (tertiary/aromatic N) is 1. The minimum atomic E-state index is -3.72. The lowest BCUT2D eigenvalue weighted by Crippen LogP contribution is -2.26. The molecule has 0 saturated heterocycles. The lowest BCUT2D eigenvalue weighted by Gasteiger charge is -2.06. The van der Waals surface area contributed by atoms with Crippen molar-refractivity contribution >= 4 is 43.2 Å². The highest BCUT2D eigenvalue weighted by atomic mass is 35.5. The van der Waals surface area contributed by atoms with Gasteiger partial charge in [0, 0.05) is 13.0 Å². The second-order valence-electron chi connectivity index (χ2n) is 4.80. The fourth-order valence-corrected chi connectivity index (χ4v) is 4.32. The molecular formula is C15H12ClFN2O2S2. The number of hydrogen-bond acceptors (Lipinski definition) is 4. The molecule has 0 aliphatic carbocycles. The van der Waals surface area contributed by atoms with Crippen molar-refractivity contribution in [1.82, 2.24) is 9.71 Å². The van der Waals surface area contributed by atoms with Crippen molar-refractivity contribution in [1.29, 1.82) is 0 Å². The van der Waals surface area contributed by atoms with Gasteiger partial charge in [0.15, 0.2) is 0 Å². The Morgan fingerprint density at radius 3 is 2.74 bits per heavy atom. The van der Waals surface area contributed by atoms with Crippen LogP contribution in [0.4, 0.5) is 4.39 Å². The average Bonchev–Trinajstić information content (AvgIpc) is 2.92. The highest BCUT2D eigenvalue weighted by Crippen LogP contribution is 2.22. The van der Waals surface area contributed by atoms with E-state index in [0.717, 1.165) is 27.4 Å². The predicted molar refractivity (Wildman–Crippen MR) is 89.9 cm³/mol. The lowest BCUT2D eigenvalue weighted by molar-refractivity contribution is 0.580. The Hall–Kier alpha value is -1.54. The van der Waals surface area contributed by atoms with Gasteiger partial charge in [0.1, 0.15) is 5.82 Å². The van der Waals surface area contributed by atoms with Crippen LogP contribution in [0.5, 0.6) is 0 Å². The molecule has 2 aromatic carbocycles. The number of nitrogens with one attached hydrogen (secondary N) is 1. The Labute approximate surface area is 142 Å². The third-order valence-electron chi connectivity index (χ3n) is 3.17. The molecule has 0 atom stereocenters. The minimum absolute atomic E-state index is 0.0619. The van der Waals surface area contributed by atoms with Crippen molar-refractivity contribution in [2.24, 2.45) is 0 Å². The number of sulfonamides is 1. The highest BCUT2D eigenvalue weighted by Gasteiger charge is 2.15. The van der Waals surface area contributed by atoms with Gasteiger partial charge in [-0.15, -0.1) is 11.3 Å². The van der Waals surface area contributed by atoms with Crippen LogP contribution >= 0.6 is 22.9 Å². The molecule has 23 heavy (non-hydrogen) atoms. The third-order valence-corrected chi connectivity index (χ3v) is 6.02. The van der Waals surface area contributed by atoms with E-state index in [4.69, 9.17) is 11.6 Å². The first kappa shape index (κ1) is 16.3. The Morgan fingerprint density at radius 2 is 2.00 bits per heavy atom. The van der Waals surface area contributed by atoms with Gasteiger partial charge in [0.2, 0.25) is 10.0 Å².